The molecule has 2 saturated heterocycles. The summed E-state index contributed by atoms with van der Waals surface area (Å²) in [4.78, 5) is 25.7. The van der Waals surface area contributed by atoms with Gasteiger partial charge >= 0.3 is 6.09 Å². The van der Waals surface area contributed by atoms with Gasteiger partial charge in [-0.15, -0.1) is 0 Å². The summed E-state index contributed by atoms with van der Waals surface area (Å²) in [6.07, 6.45) is 4.91. The zero-order chi connectivity index (χ0) is 24.2. The Hall–Kier alpha value is -2.13. The summed E-state index contributed by atoms with van der Waals surface area (Å²) in [7, 11) is -3.16. The van der Waals surface area contributed by atoms with Crippen LogP contribution in [0.3, 0.4) is 0 Å². The SMILES string of the molecule is CC(C)(C)OC(=O)N1CCC(COc2ccc(C3CCN(S(C)(=O)=O)CC3)cc2C=O)CC1. The lowest BCUT2D eigenvalue weighted by Crippen LogP contribution is -2.42. The summed E-state index contributed by atoms with van der Waals surface area (Å²) < 4.78 is 36.4. The molecule has 2 aliphatic rings. The van der Waals surface area contributed by atoms with Crippen molar-refractivity contribution in [1.29, 1.82) is 0 Å². The highest BCUT2D eigenvalue weighted by Gasteiger charge is 2.28. The molecule has 0 unspecified atom stereocenters. The van der Waals surface area contributed by atoms with Crippen LogP contribution in [0.15, 0.2) is 18.2 Å². The van der Waals surface area contributed by atoms with Crippen LogP contribution in [-0.4, -0.2) is 74.6 Å². The first-order valence-corrected chi connectivity index (χ1v) is 13.5. The van der Waals surface area contributed by atoms with Gasteiger partial charge in [0.25, 0.3) is 0 Å². The topological polar surface area (TPSA) is 93.2 Å². The molecule has 0 radical (unpaired) electrons. The molecule has 184 valence electrons. The van der Waals surface area contributed by atoms with Gasteiger partial charge in [-0.3, -0.25) is 4.79 Å². The van der Waals surface area contributed by atoms with Crippen molar-refractivity contribution < 1.29 is 27.5 Å². The zero-order valence-corrected chi connectivity index (χ0v) is 20.9. The molecular weight excluding hydrogens is 444 g/mol. The molecule has 1 aromatic carbocycles. The summed E-state index contributed by atoms with van der Waals surface area (Å²) in [5, 5.41) is 0. The average molecular weight is 481 g/mol. The second kappa shape index (κ2) is 10.4. The van der Waals surface area contributed by atoms with E-state index < -0.39 is 15.6 Å². The second-order valence-electron chi connectivity index (χ2n) is 10.1. The Morgan fingerprint density at radius 2 is 1.73 bits per heavy atom. The van der Waals surface area contributed by atoms with Gasteiger partial charge in [0.05, 0.1) is 18.4 Å². The number of carbonyl (C=O) groups excluding carboxylic acids is 2. The average Bonchev–Trinajstić information content (AvgIpc) is 2.76. The number of hydrogen-bond acceptors (Lipinski definition) is 6. The van der Waals surface area contributed by atoms with Crippen molar-refractivity contribution >= 4 is 22.4 Å². The van der Waals surface area contributed by atoms with Gasteiger partial charge in [-0.25, -0.2) is 17.5 Å². The Balaban J connectivity index is 1.51. The molecule has 2 fully saturated rings. The standard InChI is InChI=1S/C24H36N2O6S/c1-24(2,3)32-23(28)25-11-7-18(8-12-25)17-31-22-6-5-20(15-21(22)16-27)19-9-13-26(14-10-19)33(4,29)30/h5-6,15-16,18-19H,7-14,17H2,1-4H3. The number of likely N-dealkylation sites (tertiary alicyclic amines) is 1. The first kappa shape index (κ1) is 25.5. The highest BCUT2D eigenvalue weighted by Crippen LogP contribution is 2.32. The van der Waals surface area contributed by atoms with Crippen LogP contribution in [0, 0.1) is 5.92 Å². The Morgan fingerprint density at radius 1 is 1.09 bits per heavy atom. The molecule has 33 heavy (non-hydrogen) atoms. The number of carbonyl (C=O) groups is 2. The first-order chi connectivity index (χ1) is 15.5. The minimum Gasteiger partial charge on any atom is -0.493 e. The molecule has 0 spiro atoms. The van der Waals surface area contributed by atoms with E-state index in [1.54, 1.807) is 4.90 Å². The fourth-order valence-corrected chi connectivity index (χ4v) is 5.26. The number of amides is 1. The van der Waals surface area contributed by atoms with Gasteiger partial charge in [-0.05, 0) is 76.0 Å². The van der Waals surface area contributed by atoms with Crippen molar-refractivity contribution in [2.45, 2.75) is 58.0 Å². The van der Waals surface area contributed by atoms with Crippen LogP contribution in [0.2, 0.25) is 0 Å². The van der Waals surface area contributed by atoms with Crippen LogP contribution >= 0.6 is 0 Å². The molecule has 3 rings (SSSR count). The molecule has 8 nitrogen and oxygen atoms in total. The molecule has 1 amide bonds. The van der Waals surface area contributed by atoms with E-state index in [0.717, 1.165) is 37.5 Å². The number of rotatable bonds is 6. The molecule has 9 heteroatoms. The Bertz CT molecular complexity index is 940. The predicted molar refractivity (Wildman–Crippen MR) is 126 cm³/mol. The lowest BCUT2D eigenvalue weighted by Gasteiger charge is -2.33. The molecule has 2 heterocycles. The summed E-state index contributed by atoms with van der Waals surface area (Å²) >= 11 is 0. The number of ether oxygens (including phenoxy) is 2. The lowest BCUT2D eigenvalue weighted by atomic mass is 9.89. The van der Waals surface area contributed by atoms with Gasteiger partial charge in [-0.1, -0.05) is 6.07 Å². The maximum Gasteiger partial charge on any atom is 0.410 e. The Kier molecular flexibility index (Phi) is 8.05. The summed E-state index contributed by atoms with van der Waals surface area (Å²) in [5.41, 5.74) is 1.06. The van der Waals surface area contributed by atoms with Crippen LogP contribution < -0.4 is 4.74 Å². The van der Waals surface area contributed by atoms with Gasteiger partial charge in [0, 0.05) is 26.2 Å². The predicted octanol–water partition coefficient (Wildman–Crippen LogP) is 3.66. The van der Waals surface area contributed by atoms with Gasteiger partial charge < -0.3 is 14.4 Å². The highest BCUT2D eigenvalue weighted by molar-refractivity contribution is 7.88. The minimum atomic E-state index is -3.16. The van der Waals surface area contributed by atoms with E-state index in [1.807, 2.05) is 39.0 Å². The molecule has 2 aliphatic heterocycles. The molecule has 0 N–H and O–H groups in total. The van der Waals surface area contributed by atoms with Crippen LogP contribution in [0.1, 0.15) is 68.3 Å². The van der Waals surface area contributed by atoms with E-state index in [9.17, 15) is 18.0 Å². The van der Waals surface area contributed by atoms with Crippen LogP contribution in [-0.2, 0) is 14.8 Å². The van der Waals surface area contributed by atoms with E-state index in [-0.39, 0.29) is 12.0 Å². The van der Waals surface area contributed by atoms with Crippen molar-refractivity contribution in [1.82, 2.24) is 9.21 Å². The van der Waals surface area contributed by atoms with E-state index in [1.165, 1.54) is 10.6 Å². The Morgan fingerprint density at radius 3 is 2.27 bits per heavy atom. The Labute approximate surface area is 197 Å². The van der Waals surface area contributed by atoms with Crippen LogP contribution in [0.5, 0.6) is 5.75 Å². The quantitative estimate of drug-likeness (QED) is 0.577. The van der Waals surface area contributed by atoms with Crippen molar-refractivity contribution in [2.24, 2.45) is 5.92 Å². The molecule has 0 atom stereocenters. The molecule has 0 saturated carbocycles. The van der Waals surface area contributed by atoms with E-state index in [4.69, 9.17) is 9.47 Å². The van der Waals surface area contributed by atoms with Gasteiger partial charge in [0.1, 0.15) is 11.4 Å². The fourth-order valence-electron chi connectivity index (χ4n) is 4.38. The molecular formula is C24H36N2O6S. The lowest BCUT2D eigenvalue weighted by molar-refractivity contribution is 0.0164. The maximum absolute atomic E-state index is 12.2. The first-order valence-electron chi connectivity index (χ1n) is 11.6. The van der Waals surface area contributed by atoms with Crippen molar-refractivity contribution in [3.05, 3.63) is 29.3 Å². The van der Waals surface area contributed by atoms with Crippen molar-refractivity contribution in [3.63, 3.8) is 0 Å². The van der Waals surface area contributed by atoms with E-state index in [2.05, 4.69) is 0 Å². The van der Waals surface area contributed by atoms with Crippen molar-refractivity contribution in [3.8, 4) is 5.75 Å². The molecule has 0 bridgehead atoms. The smallest absolute Gasteiger partial charge is 0.410 e. The normalized spacial score (nSPS) is 19.3. The third-order valence-corrected chi connectivity index (χ3v) is 7.60. The summed E-state index contributed by atoms with van der Waals surface area (Å²) in [6.45, 7) is 8.35. The molecule has 0 aromatic heterocycles. The van der Waals surface area contributed by atoms with E-state index >= 15 is 0 Å². The van der Waals surface area contributed by atoms with Gasteiger partial charge in [0.2, 0.25) is 10.0 Å². The van der Waals surface area contributed by atoms with Gasteiger partial charge in [-0.2, -0.15) is 0 Å². The molecule has 0 aliphatic carbocycles. The monoisotopic (exact) mass is 480 g/mol. The fraction of sp³-hybridized carbons (Fsp3) is 0.667. The molecule has 1 aromatic rings. The zero-order valence-electron chi connectivity index (χ0n) is 20.1. The number of piperidine rings is 2. The van der Waals surface area contributed by atoms with Crippen LogP contribution in [0.25, 0.3) is 0 Å². The summed E-state index contributed by atoms with van der Waals surface area (Å²) in [6, 6.07) is 5.69. The highest BCUT2D eigenvalue weighted by atomic mass is 32.2. The largest absolute Gasteiger partial charge is 0.493 e. The number of hydrogen-bond donors (Lipinski definition) is 0. The third-order valence-electron chi connectivity index (χ3n) is 6.30. The summed E-state index contributed by atoms with van der Waals surface area (Å²) in [5.74, 6) is 1.10. The third kappa shape index (κ3) is 7.17. The number of nitrogens with zero attached hydrogens (tertiary/aromatic N) is 2. The minimum absolute atomic E-state index is 0.230. The van der Waals surface area contributed by atoms with Crippen LogP contribution in [0.4, 0.5) is 4.79 Å². The second-order valence-corrected chi connectivity index (χ2v) is 12.1. The maximum atomic E-state index is 12.2. The number of benzene rings is 1. The van der Waals surface area contributed by atoms with Crippen molar-refractivity contribution in [2.75, 3.05) is 39.0 Å². The number of aldehydes is 1. The van der Waals surface area contributed by atoms with Gasteiger partial charge in [0.15, 0.2) is 6.29 Å². The van der Waals surface area contributed by atoms with E-state index in [0.29, 0.717) is 50.0 Å². The number of sulfonamides is 1.